The average molecular weight is 362 g/mol. The fraction of sp³-hybridized carbons (Fsp3) is 0.0667. The molecule has 0 aliphatic carbocycles. The summed E-state index contributed by atoms with van der Waals surface area (Å²) in [5.74, 6) is 0.277. The highest BCUT2D eigenvalue weighted by Crippen LogP contribution is 2.21. The molecule has 0 bridgehead atoms. The molecular formula is C15H18N6O3S. The van der Waals surface area contributed by atoms with Crippen LogP contribution in [0.4, 0.5) is 11.4 Å². The molecule has 2 aromatic rings. The number of guanidine groups is 2. The second kappa shape index (κ2) is 7.53. The van der Waals surface area contributed by atoms with E-state index in [-0.39, 0.29) is 16.8 Å². The van der Waals surface area contributed by atoms with Gasteiger partial charge in [0.05, 0.1) is 17.7 Å². The number of sulfonamides is 1. The SMILES string of the molecule is COc1ccc(NS(=O)(=O)c2ccc(N=C(N)N=C(N)N)cc2)cc1. The Bertz CT molecular complexity index is 886. The summed E-state index contributed by atoms with van der Waals surface area (Å²) in [7, 11) is -2.20. The Hall–Kier alpha value is -3.27. The van der Waals surface area contributed by atoms with E-state index in [1.807, 2.05) is 0 Å². The van der Waals surface area contributed by atoms with Gasteiger partial charge in [-0.3, -0.25) is 4.72 Å². The van der Waals surface area contributed by atoms with Crippen LogP contribution in [0.15, 0.2) is 63.4 Å². The smallest absolute Gasteiger partial charge is 0.261 e. The summed E-state index contributed by atoms with van der Waals surface area (Å²) in [5, 5.41) is 0. The molecule has 0 radical (unpaired) electrons. The van der Waals surface area contributed by atoms with Crippen molar-refractivity contribution < 1.29 is 13.2 Å². The molecule has 2 rings (SSSR count). The average Bonchev–Trinajstić information content (AvgIpc) is 2.55. The van der Waals surface area contributed by atoms with Crippen LogP contribution in [0.25, 0.3) is 0 Å². The zero-order chi connectivity index (χ0) is 18.4. The molecule has 10 heteroatoms. The van der Waals surface area contributed by atoms with Crippen LogP contribution in [0.1, 0.15) is 0 Å². The molecule has 0 saturated heterocycles. The Balaban J connectivity index is 2.18. The first kappa shape index (κ1) is 18.1. The Morgan fingerprint density at radius 1 is 1.00 bits per heavy atom. The number of benzene rings is 2. The van der Waals surface area contributed by atoms with Gasteiger partial charge in [0, 0.05) is 5.69 Å². The molecule has 0 unspecified atom stereocenters. The largest absolute Gasteiger partial charge is 0.497 e. The van der Waals surface area contributed by atoms with Crippen LogP contribution in [0.2, 0.25) is 0 Å². The first-order valence-corrected chi connectivity index (χ1v) is 8.49. The Morgan fingerprint density at radius 2 is 1.60 bits per heavy atom. The highest BCUT2D eigenvalue weighted by Gasteiger charge is 2.14. The van der Waals surface area contributed by atoms with Crippen LogP contribution in [0.3, 0.4) is 0 Å². The third-order valence-electron chi connectivity index (χ3n) is 2.98. The summed E-state index contributed by atoms with van der Waals surface area (Å²) >= 11 is 0. The van der Waals surface area contributed by atoms with Gasteiger partial charge < -0.3 is 21.9 Å². The Kier molecular flexibility index (Phi) is 5.45. The van der Waals surface area contributed by atoms with Gasteiger partial charge in [-0.05, 0) is 48.5 Å². The standard InChI is InChI=1S/C15H18N6O3S/c1-24-12-6-2-11(3-7-12)21-25(22,23)13-8-4-10(5-9-13)19-15(18)20-14(16)17/h2-9,21H,1H3,(H6,16,17,18,19,20). The van der Waals surface area contributed by atoms with E-state index in [1.54, 1.807) is 24.3 Å². The molecule has 2 aromatic carbocycles. The predicted octanol–water partition coefficient (Wildman–Crippen LogP) is 0.716. The first-order valence-electron chi connectivity index (χ1n) is 7.01. The van der Waals surface area contributed by atoms with Crippen molar-refractivity contribution >= 4 is 33.3 Å². The number of nitrogens with zero attached hydrogens (tertiary/aromatic N) is 2. The number of ether oxygens (including phenoxy) is 1. The van der Waals surface area contributed by atoms with Gasteiger partial charge >= 0.3 is 0 Å². The van der Waals surface area contributed by atoms with Gasteiger partial charge in [0.25, 0.3) is 10.0 Å². The number of nitrogens with one attached hydrogen (secondary N) is 1. The molecule has 0 saturated carbocycles. The maximum atomic E-state index is 12.4. The van der Waals surface area contributed by atoms with E-state index in [9.17, 15) is 8.42 Å². The van der Waals surface area contributed by atoms with Crippen LogP contribution >= 0.6 is 0 Å². The van der Waals surface area contributed by atoms with Crippen LogP contribution in [0.5, 0.6) is 5.75 Å². The van der Waals surface area contributed by atoms with Gasteiger partial charge in [-0.2, -0.15) is 4.99 Å². The zero-order valence-electron chi connectivity index (χ0n) is 13.4. The van der Waals surface area contributed by atoms with Crippen LogP contribution in [-0.2, 0) is 10.0 Å². The van der Waals surface area contributed by atoms with Crippen LogP contribution in [0, 0.1) is 0 Å². The maximum absolute atomic E-state index is 12.4. The molecule has 25 heavy (non-hydrogen) atoms. The van der Waals surface area contributed by atoms with Gasteiger partial charge in [-0.25, -0.2) is 13.4 Å². The minimum absolute atomic E-state index is 0.0719. The zero-order valence-corrected chi connectivity index (χ0v) is 14.2. The van der Waals surface area contributed by atoms with Crippen molar-refractivity contribution in [2.45, 2.75) is 4.90 Å². The van der Waals surface area contributed by atoms with Gasteiger partial charge in [-0.1, -0.05) is 0 Å². The topological polar surface area (TPSA) is 158 Å². The van der Waals surface area contributed by atoms with Crippen LogP contribution < -0.4 is 26.7 Å². The lowest BCUT2D eigenvalue weighted by Crippen LogP contribution is -2.26. The molecule has 132 valence electrons. The summed E-state index contributed by atoms with van der Waals surface area (Å²) in [6.07, 6.45) is 0. The Labute approximate surface area is 145 Å². The third-order valence-corrected chi connectivity index (χ3v) is 4.37. The van der Waals surface area contributed by atoms with Crippen molar-refractivity contribution in [3.05, 3.63) is 48.5 Å². The van der Waals surface area contributed by atoms with Crippen molar-refractivity contribution in [1.82, 2.24) is 0 Å². The number of methoxy groups -OCH3 is 1. The third kappa shape index (κ3) is 5.11. The lowest BCUT2D eigenvalue weighted by molar-refractivity contribution is 0.415. The number of nitrogens with two attached hydrogens (primary N) is 3. The molecule has 0 spiro atoms. The molecule has 9 nitrogen and oxygen atoms in total. The highest BCUT2D eigenvalue weighted by molar-refractivity contribution is 7.92. The van der Waals surface area contributed by atoms with E-state index in [2.05, 4.69) is 14.7 Å². The first-order chi connectivity index (χ1) is 11.8. The normalized spacial score (nSPS) is 11.6. The van der Waals surface area contributed by atoms with Gasteiger partial charge in [0.2, 0.25) is 5.96 Å². The van der Waals surface area contributed by atoms with Crippen molar-refractivity contribution in [3.8, 4) is 5.75 Å². The van der Waals surface area contributed by atoms with Gasteiger partial charge in [-0.15, -0.1) is 0 Å². The summed E-state index contributed by atoms with van der Waals surface area (Å²) in [6.45, 7) is 0. The monoisotopic (exact) mass is 362 g/mol. The van der Waals surface area contributed by atoms with E-state index in [4.69, 9.17) is 21.9 Å². The second-order valence-electron chi connectivity index (χ2n) is 4.83. The molecule has 0 aliphatic heterocycles. The number of aliphatic imine (C=N–C) groups is 2. The van der Waals surface area contributed by atoms with Crippen LogP contribution in [-0.4, -0.2) is 27.4 Å². The second-order valence-corrected chi connectivity index (χ2v) is 6.52. The summed E-state index contributed by atoms with van der Waals surface area (Å²) in [6, 6.07) is 12.3. The summed E-state index contributed by atoms with van der Waals surface area (Å²) in [5.41, 5.74) is 16.7. The van der Waals surface area contributed by atoms with E-state index >= 15 is 0 Å². The molecule has 0 amide bonds. The van der Waals surface area contributed by atoms with Crippen molar-refractivity contribution in [2.75, 3.05) is 11.8 Å². The highest BCUT2D eigenvalue weighted by atomic mass is 32.2. The number of rotatable bonds is 5. The predicted molar refractivity (Wildman–Crippen MR) is 97.3 cm³/mol. The van der Waals surface area contributed by atoms with Gasteiger partial charge in [0.15, 0.2) is 5.96 Å². The van der Waals surface area contributed by atoms with E-state index in [1.165, 1.54) is 31.4 Å². The lowest BCUT2D eigenvalue weighted by Gasteiger charge is -2.09. The number of anilines is 1. The molecule has 0 fully saturated rings. The van der Waals surface area contributed by atoms with Crippen molar-refractivity contribution in [2.24, 2.45) is 27.2 Å². The fourth-order valence-electron chi connectivity index (χ4n) is 1.86. The Morgan fingerprint density at radius 3 is 2.12 bits per heavy atom. The quantitative estimate of drug-likeness (QED) is 0.453. The van der Waals surface area contributed by atoms with Crippen molar-refractivity contribution in [1.29, 1.82) is 0 Å². The van der Waals surface area contributed by atoms with E-state index in [0.29, 0.717) is 17.1 Å². The number of hydrogen-bond acceptors (Lipinski definition) is 4. The minimum atomic E-state index is -3.74. The van der Waals surface area contributed by atoms with E-state index in [0.717, 1.165) is 0 Å². The molecular weight excluding hydrogens is 344 g/mol. The van der Waals surface area contributed by atoms with Gasteiger partial charge in [0.1, 0.15) is 5.75 Å². The van der Waals surface area contributed by atoms with Crippen molar-refractivity contribution in [3.63, 3.8) is 0 Å². The molecule has 0 aromatic heterocycles. The molecule has 0 atom stereocenters. The fourth-order valence-corrected chi connectivity index (χ4v) is 2.92. The maximum Gasteiger partial charge on any atom is 0.261 e. The molecule has 7 N–H and O–H groups in total. The number of hydrogen-bond donors (Lipinski definition) is 4. The summed E-state index contributed by atoms with van der Waals surface area (Å²) < 4.78 is 32.3. The minimum Gasteiger partial charge on any atom is -0.497 e. The molecule has 0 aliphatic rings. The molecule has 0 heterocycles. The summed E-state index contributed by atoms with van der Waals surface area (Å²) in [4.78, 5) is 7.59. The van der Waals surface area contributed by atoms with E-state index < -0.39 is 10.0 Å². The lowest BCUT2D eigenvalue weighted by atomic mass is 10.3.